The lowest BCUT2D eigenvalue weighted by atomic mass is 9.95. The zero-order chi connectivity index (χ0) is 14.4. The van der Waals surface area contributed by atoms with Crippen LogP contribution in [0.1, 0.15) is 56.6 Å². The summed E-state index contributed by atoms with van der Waals surface area (Å²) >= 11 is 0. The average Bonchev–Trinajstić information content (AvgIpc) is 2.37. The Bertz CT molecular complexity index is 380. The van der Waals surface area contributed by atoms with Crippen molar-refractivity contribution in [3.8, 4) is 0 Å². The molecule has 1 unspecified atom stereocenters. The third kappa shape index (κ3) is 4.51. The van der Waals surface area contributed by atoms with Gasteiger partial charge in [-0.1, -0.05) is 62.4 Å². The molecule has 0 radical (unpaired) electrons. The number of alkyl halides is 3. The van der Waals surface area contributed by atoms with Gasteiger partial charge >= 0.3 is 6.18 Å². The Morgan fingerprint density at radius 3 is 2.00 bits per heavy atom. The van der Waals surface area contributed by atoms with E-state index >= 15 is 0 Å². The summed E-state index contributed by atoms with van der Waals surface area (Å²) in [6, 6.07) is 6.59. The monoisotopic (exact) mass is 285 g/mol. The Labute approximate surface area is 118 Å². The molecular formula is C16H22F3N. The van der Waals surface area contributed by atoms with Gasteiger partial charge in [0.1, 0.15) is 6.04 Å². The molecule has 1 aromatic carbocycles. The van der Waals surface area contributed by atoms with E-state index in [4.69, 9.17) is 0 Å². The minimum atomic E-state index is -4.25. The molecule has 112 valence electrons. The molecule has 0 bridgehead atoms. The molecule has 0 amide bonds. The maximum Gasteiger partial charge on any atom is 0.407 e. The fourth-order valence-corrected chi connectivity index (χ4v) is 2.88. The fourth-order valence-electron chi connectivity index (χ4n) is 2.88. The minimum absolute atomic E-state index is 0.0258. The van der Waals surface area contributed by atoms with Crippen molar-refractivity contribution in [1.29, 1.82) is 0 Å². The van der Waals surface area contributed by atoms with Gasteiger partial charge in [0.05, 0.1) is 0 Å². The summed E-state index contributed by atoms with van der Waals surface area (Å²) in [5.41, 5.74) is 0.307. The van der Waals surface area contributed by atoms with Crippen LogP contribution in [0.25, 0.3) is 0 Å². The first kappa shape index (κ1) is 15.4. The van der Waals surface area contributed by atoms with Crippen LogP contribution in [0.15, 0.2) is 30.3 Å². The Morgan fingerprint density at radius 1 is 0.900 bits per heavy atom. The van der Waals surface area contributed by atoms with E-state index in [9.17, 15) is 13.2 Å². The van der Waals surface area contributed by atoms with Gasteiger partial charge in [-0.25, -0.2) is 0 Å². The molecule has 20 heavy (non-hydrogen) atoms. The molecule has 0 saturated heterocycles. The predicted molar refractivity (Wildman–Crippen MR) is 74.5 cm³/mol. The third-order valence-corrected chi connectivity index (χ3v) is 3.97. The van der Waals surface area contributed by atoms with Crippen molar-refractivity contribution in [1.82, 2.24) is 5.32 Å². The Morgan fingerprint density at radius 2 is 1.45 bits per heavy atom. The van der Waals surface area contributed by atoms with E-state index in [1.807, 2.05) is 0 Å². The molecule has 0 spiro atoms. The topological polar surface area (TPSA) is 12.0 Å². The second-order valence-electron chi connectivity index (χ2n) is 5.59. The van der Waals surface area contributed by atoms with Gasteiger partial charge in [-0.3, -0.25) is 5.32 Å². The van der Waals surface area contributed by atoms with Crippen molar-refractivity contribution in [3.63, 3.8) is 0 Å². The number of nitrogens with one attached hydrogen (secondary N) is 1. The first-order valence-corrected chi connectivity index (χ1v) is 7.45. The summed E-state index contributed by atoms with van der Waals surface area (Å²) in [5, 5.41) is 2.85. The first-order valence-electron chi connectivity index (χ1n) is 7.45. The normalized spacial score (nSPS) is 20.1. The molecular weight excluding hydrogens is 263 g/mol. The molecule has 0 aliphatic heterocycles. The van der Waals surface area contributed by atoms with Gasteiger partial charge in [0.2, 0.25) is 0 Å². The largest absolute Gasteiger partial charge is 0.407 e. The van der Waals surface area contributed by atoms with Gasteiger partial charge in [0.25, 0.3) is 0 Å². The number of halogens is 3. The third-order valence-electron chi connectivity index (χ3n) is 3.97. The van der Waals surface area contributed by atoms with Crippen LogP contribution < -0.4 is 5.32 Å². The number of hydrogen-bond donors (Lipinski definition) is 1. The quantitative estimate of drug-likeness (QED) is 0.824. The molecule has 1 aromatic rings. The molecule has 1 saturated carbocycles. The zero-order valence-corrected chi connectivity index (χ0v) is 11.6. The molecule has 0 aromatic heterocycles. The zero-order valence-electron chi connectivity index (χ0n) is 11.6. The standard InChI is InChI=1S/C16H22F3N/c17-16(18,19)15(13-9-5-4-6-10-13)20-14-11-7-2-1-3-8-12-14/h4-6,9-10,14-15,20H,1-3,7-8,11-12H2. The summed E-state index contributed by atoms with van der Waals surface area (Å²) in [7, 11) is 0. The van der Waals surface area contributed by atoms with Crippen LogP contribution in [0.5, 0.6) is 0 Å². The second kappa shape index (κ2) is 7.11. The van der Waals surface area contributed by atoms with Crippen LogP contribution in [0, 0.1) is 0 Å². The number of benzene rings is 1. The lowest BCUT2D eigenvalue weighted by molar-refractivity contribution is -0.160. The second-order valence-corrected chi connectivity index (χ2v) is 5.59. The van der Waals surface area contributed by atoms with Crippen molar-refractivity contribution in [2.75, 3.05) is 0 Å². The van der Waals surface area contributed by atoms with Crippen molar-refractivity contribution >= 4 is 0 Å². The van der Waals surface area contributed by atoms with Crippen LogP contribution in [0.4, 0.5) is 13.2 Å². The highest BCUT2D eigenvalue weighted by atomic mass is 19.4. The van der Waals surface area contributed by atoms with E-state index in [1.54, 1.807) is 30.3 Å². The van der Waals surface area contributed by atoms with E-state index in [0.29, 0.717) is 5.56 Å². The predicted octanol–water partition coefficient (Wildman–Crippen LogP) is 4.99. The van der Waals surface area contributed by atoms with Crippen molar-refractivity contribution in [2.24, 2.45) is 0 Å². The van der Waals surface area contributed by atoms with Crippen LogP contribution >= 0.6 is 0 Å². The fraction of sp³-hybridized carbons (Fsp3) is 0.625. The molecule has 2 rings (SSSR count). The Kier molecular flexibility index (Phi) is 5.46. The molecule has 0 heterocycles. The maximum atomic E-state index is 13.3. The van der Waals surface area contributed by atoms with Gasteiger partial charge in [-0.05, 0) is 18.4 Å². The van der Waals surface area contributed by atoms with E-state index in [1.165, 1.54) is 6.42 Å². The summed E-state index contributed by atoms with van der Waals surface area (Å²) < 4.78 is 39.8. The van der Waals surface area contributed by atoms with Crippen LogP contribution in [0.3, 0.4) is 0 Å². The molecule has 4 heteroatoms. The highest BCUT2D eigenvalue weighted by Gasteiger charge is 2.41. The molecule has 1 fully saturated rings. The minimum Gasteiger partial charge on any atom is -0.300 e. The molecule has 1 atom stereocenters. The smallest absolute Gasteiger partial charge is 0.300 e. The van der Waals surface area contributed by atoms with E-state index < -0.39 is 12.2 Å². The molecule has 1 N–H and O–H groups in total. The van der Waals surface area contributed by atoms with Crippen molar-refractivity contribution in [2.45, 2.75) is 63.2 Å². The summed E-state index contributed by atoms with van der Waals surface area (Å²) in [5.74, 6) is 0. The van der Waals surface area contributed by atoms with E-state index in [-0.39, 0.29) is 6.04 Å². The molecule has 1 aliphatic carbocycles. The van der Waals surface area contributed by atoms with E-state index in [2.05, 4.69) is 5.32 Å². The number of hydrogen-bond acceptors (Lipinski definition) is 1. The van der Waals surface area contributed by atoms with Gasteiger partial charge < -0.3 is 0 Å². The highest BCUT2D eigenvalue weighted by Crippen LogP contribution is 2.34. The highest BCUT2D eigenvalue weighted by molar-refractivity contribution is 5.20. The summed E-state index contributed by atoms with van der Waals surface area (Å²) in [6.45, 7) is 0. The Hall–Kier alpha value is -1.03. The van der Waals surface area contributed by atoms with Gasteiger partial charge in [0, 0.05) is 6.04 Å². The molecule has 1 nitrogen and oxygen atoms in total. The van der Waals surface area contributed by atoms with Gasteiger partial charge in [-0.2, -0.15) is 13.2 Å². The SMILES string of the molecule is FC(F)(F)C(NC1CCCCCCC1)c1ccccc1. The van der Waals surface area contributed by atoms with Crippen molar-refractivity contribution in [3.05, 3.63) is 35.9 Å². The van der Waals surface area contributed by atoms with E-state index in [0.717, 1.165) is 38.5 Å². The number of rotatable bonds is 3. The van der Waals surface area contributed by atoms with Gasteiger partial charge in [-0.15, -0.1) is 0 Å². The van der Waals surface area contributed by atoms with Crippen LogP contribution in [-0.2, 0) is 0 Å². The van der Waals surface area contributed by atoms with Crippen LogP contribution in [-0.4, -0.2) is 12.2 Å². The van der Waals surface area contributed by atoms with Crippen LogP contribution in [0.2, 0.25) is 0 Å². The summed E-state index contributed by atoms with van der Waals surface area (Å²) in [4.78, 5) is 0. The average molecular weight is 285 g/mol. The Balaban J connectivity index is 2.07. The molecule has 1 aliphatic rings. The summed E-state index contributed by atoms with van der Waals surface area (Å²) in [6.07, 6.45) is 2.99. The maximum absolute atomic E-state index is 13.3. The lowest BCUT2D eigenvalue weighted by Crippen LogP contribution is -2.41. The van der Waals surface area contributed by atoms with Gasteiger partial charge in [0.15, 0.2) is 0 Å². The lowest BCUT2D eigenvalue weighted by Gasteiger charge is -2.29. The first-order chi connectivity index (χ1) is 9.57. The van der Waals surface area contributed by atoms with Crippen molar-refractivity contribution < 1.29 is 13.2 Å².